The van der Waals surface area contributed by atoms with Crippen LogP contribution in [0.2, 0.25) is 0 Å². The molecule has 19 heavy (non-hydrogen) atoms. The molecule has 108 valence electrons. The largest absolute Gasteiger partial charge is 0.504 e. The van der Waals surface area contributed by atoms with Crippen molar-refractivity contribution in [1.82, 2.24) is 0 Å². The summed E-state index contributed by atoms with van der Waals surface area (Å²) in [6.45, 7) is 7.91. The minimum Gasteiger partial charge on any atom is -0.504 e. The average molecular weight is 397 g/mol. The van der Waals surface area contributed by atoms with Gasteiger partial charge in [0.25, 0.3) is 0 Å². The molecule has 1 aromatic rings. The fourth-order valence-electron chi connectivity index (χ4n) is 1.95. The Hall–Kier alpha value is -0.500. The van der Waals surface area contributed by atoms with Crippen molar-refractivity contribution in [3.63, 3.8) is 0 Å². The van der Waals surface area contributed by atoms with E-state index in [2.05, 4.69) is 0 Å². The second-order valence-corrected chi connectivity index (χ2v) is 9.03. The number of nitrogen functional groups attached to an aromatic ring is 1. The van der Waals surface area contributed by atoms with Crippen LogP contribution in [0.1, 0.15) is 38.3 Å². The molecular weight excluding hydrogens is 377 g/mol. The highest BCUT2D eigenvalue weighted by Crippen LogP contribution is 2.40. The zero-order chi connectivity index (χ0) is 15.0. The van der Waals surface area contributed by atoms with Gasteiger partial charge in [0.1, 0.15) is 8.66 Å². The molecule has 1 aromatic carbocycles. The zero-order valence-corrected chi connectivity index (χ0v) is 14.6. The van der Waals surface area contributed by atoms with Gasteiger partial charge in [0.2, 0.25) is 0 Å². The first-order valence-corrected chi connectivity index (χ1v) is 9.17. The van der Waals surface area contributed by atoms with Gasteiger partial charge in [0, 0.05) is 0 Å². The Morgan fingerprint density at radius 3 is 2.37 bits per heavy atom. The molecule has 0 radical (unpaired) electrons. The van der Waals surface area contributed by atoms with Crippen molar-refractivity contribution in [2.75, 3.05) is 9.49 Å². The predicted octanol–water partition coefficient (Wildman–Crippen LogP) is 3.14. The van der Waals surface area contributed by atoms with Gasteiger partial charge in [-0.05, 0) is 36.0 Å². The molecule has 6 heteroatoms. The van der Waals surface area contributed by atoms with E-state index in [1.165, 1.54) is 0 Å². The number of halogens is 1. The smallest absolute Gasteiger partial charge is 0.191 e. The summed E-state index contributed by atoms with van der Waals surface area (Å²) in [5.74, 6) is -0.329. The zero-order valence-electron chi connectivity index (χ0n) is 11.6. The van der Waals surface area contributed by atoms with Gasteiger partial charge in [0.05, 0.1) is 5.69 Å². The summed E-state index contributed by atoms with van der Waals surface area (Å²) in [6, 6.07) is 1.57. The number of phenolic OH excluding ortho intramolecular Hbond substituents is 1. The van der Waals surface area contributed by atoms with Crippen molar-refractivity contribution in [3.8, 4) is 5.75 Å². The van der Waals surface area contributed by atoms with Gasteiger partial charge in [-0.15, -0.1) is 0 Å². The van der Waals surface area contributed by atoms with Crippen LogP contribution in [0.25, 0.3) is 0 Å². The Kier molecular flexibility index (Phi) is 4.77. The summed E-state index contributed by atoms with van der Waals surface area (Å²) < 4.78 is 24.0. The van der Waals surface area contributed by atoms with Crippen LogP contribution in [0, 0.1) is 6.92 Å². The molecule has 0 saturated heterocycles. The Morgan fingerprint density at radius 1 is 1.42 bits per heavy atom. The van der Waals surface area contributed by atoms with Crippen molar-refractivity contribution < 1.29 is 13.5 Å². The van der Waals surface area contributed by atoms with Crippen LogP contribution in [-0.4, -0.2) is 17.3 Å². The Morgan fingerprint density at radius 2 is 1.95 bits per heavy atom. The van der Waals surface area contributed by atoms with E-state index >= 15 is 0 Å². The quantitative estimate of drug-likeness (QED) is 0.354. The van der Waals surface area contributed by atoms with Crippen molar-refractivity contribution in [2.45, 2.75) is 44.4 Å². The predicted molar refractivity (Wildman–Crippen MR) is 86.6 cm³/mol. The number of hydrogen-bond acceptors (Lipinski definition) is 4. The number of benzene rings is 1. The molecule has 0 aliphatic carbocycles. The van der Waals surface area contributed by atoms with Crippen molar-refractivity contribution in [2.24, 2.45) is 0 Å². The third kappa shape index (κ3) is 2.99. The number of alkyl halides is 1. The summed E-state index contributed by atoms with van der Waals surface area (Å²) in [6.07, 6.45) is 0.849. The highest BCUT2D eigenvalue weighted by atomic mass is 127. The molecule has 0 amide bonds. The van der Waals surface area contributed by atoms with E-state index < -0.39 is 9.84 Å². The average Bonchev–Trinajstić information content (AvgIpc) is 2.35. The van der Waals surface area contributed by atoms with E-state index in [1.54, 1.807) is 28.7 Å². The van der Waals surface area contributed by atoms with Gasteiger partial charge in [-0.2, -0.15) is 0 Å². The van der Waals surface area contributed by atoms with E-state index in [1.807, 2.05) is 27.7 Å². The normalized spacial score (nSPS) is 12.7. The maximum atomic E-state index is 12.0. The number of sulfone groups is 1. The Labute approximate surface area is 128 Å². The second kappa shape index (κ2) is 5.47. The third-order valence-electron chi connectivity index (χ3n) is 3.66. The monoisotopic (exact) mass is 397 g/mol. The van der Waals surface area contributed by atoms with E-state index in [0.29, 0.717) is 0 Å². The summed E-state index contributed by atoms with van der Waals surface area (Å²) in [4.78, 5) is -0.0680. The summed E-state index contributed by atoms with van der Waals surface area (Å²) in [5, 5.41) is 10.0. The molecule has 0 saturated carbocycles. The van der Waals surface area contributed by atoms with E-state index in [-0.39, 0.29) is 25.5 Å². The van der Waals surface area contributed by atoms with E-state index in [4.69, 9.17) is 5.73 Å². The maximum Gasteiger partial charge on any atom is 0.191 e. The molecule has 0 spiro atoms. The van der Waals surface area contributed by atoms with E-state index in [9.17, 15) is 13.5 Å². The lowest BCUT2D eigenvalue weighted by atomic mass is 9.79. The molecule has 0 bridgehead atoms. The van der Waals surface area contributed by atoms with Crippen LogP contribution in [0.4, 0.5) is 5.69 Å². The standard InChI is InChI=1S/C13H20INO3S/c1-5-13(3,4)9-6-10(19(17,18)7-14)12(16)11(15)8(9)2/h6,16H,5,7,15H2,1-4H3. The molecule has 0 fully saturated rings. The van der Waals surface area contributed by atoms with Crippen molar-refractivity contribution in [3.05, 3.63) is 17.2 Å². The molecule has 3 N–H and O–H groups in total. The molecule has 0 aliphatic heterocycles. The van der Waals surface area contributed by atoms with Crippen LogP contribution in [-0.2, 0) is 15.3 Å². The molecule has 0 heterocycles. The number of hydrogen-bond donors (Lipinski definition) is 2. The van der Waals surface area contributed by atoms with Gasteiger partial charge in [-0.3, -0.25) is 0 Å². The molecule has 0 aliphatic rings. The lowest BCUT2D eigenvalue weighted by Gasteiger charge is -2.27. The van der Waals surface area contributed by atoms with Gasteiger partial charge in [-0.25, -0.2) is 8.42 Å². The minimum absolute atomic E-state index is 0.0680. The fourth-order valence-corrected chi connectivity index (χ4v) is 3.78. The molecule has 0 atom stereocenters. The fraction of sp³-hybridized carbons (Fsp3) is 0.538. The second-order valence-electron chi connectivity index (χ2n) is 5.27. The topological polar surface area (TPSA) is 80.4 Å². The van der Waals surface area contributed by atoms with Crippen LogP contribution < -0.4 is 5.73 Å². The SMILES string of the molecule is CCC(C)(C)c1cc(S(=O)(=O)CI)c(O)c(N)c1C. The molecular formula is C13H20INO3S. The first-order valence-electron chi connectivity index (χ1n) is 5.99. The number of aromatic hydroxyl groups is 1. The van der Waals surface area contributed by atoms with Crippen LogP contribution >= 0.6 is 22.6 Å². The van der Waals surface area contributed by atoms with Gasteiger partial charge in [0.15, 0.2) is 15.6 Å². The molecule has 4 nitrogen and oxygen atoms in total. The number of nitrogens with two attached hydrogens (primary N) is 1. The Bertz CT molecular complexity index is 594. The number of rotatable bonds is 4. The minimum atomic E-state index is -3.50. The first kappa shape index (κ1) is 16.6. The highest BCUT2D eigenvalue weighted by Gasteiger charge is 2.28. The Balaban J connectivity index is 3.72. The van der Waals surface area contributed by atoms with Crippen LogP contribution in [0.15, 0.2) is 11.0 Å². The van der Waals surface area contributed by atoms with Crippen molar-refractivity contribution >= 4 is 38.1 Å². The number of anilines is 1. The molecule has 0 aromatic heterocycles. The van der Waals surface area contributed by atoms with Crippen LogP contribution in [0.3, 0.4) is 0 Å². The third-order valence-corrected chi connectivity index (χ3v) is 7.39. The van der Waals surface area contributed by atoms with Crippen molar-refractivity contribution in [1.29, 1.82) is 0 Å². The summed E-state index contributed by atoms with van der Waals surface area (Å²) >= 11 is 1.77. The van der Waals surface area contributed by atoms with Crippen LogP contribution in [0.5, 0.6) is 5.75 Å². The lowest BCUT2D eigenvalue weighted by molar-refractivity contribution is 0.456. The first-order chi connectivity index (χ1) is 8.58. The van der Waals surface area contributed by atoms with Gasteiger partial charge in [-0.1, -0.05) is 43.4 Å². The van der Waals surface area contributed by atoms with Gasteiger partial charge >= 0.3 is 0 Å². The highest BCUT2D eigenvalue weighted by molar-refractivity contribution is 14.1. The number of phenols is 1. The lowest BCUT2D eigenvalue weighted by Crippen LogP contribution is -2.19. The summed E-state index contributed by atoms with van der Waals surface area (Å²) in [7, 11) is -3.50. The van der Waals surface area contributed by atoms with E-state index in [0.717, 1.165) is 17.5 Å². The van der Waals surface area contributed by atoms with Gasteiger partial charge < -0.3 is 10.8 Å². The molecule has 1 rings (SSSR count). The molecule has 0 unspecified atom stereocenters. The maximum absolute atomic E-state index is 12.0. The summed E-state index contributed by atoms with van der Waals surface area (Å²) in [5.41, 5.74) is 7.45.